The second-order valence-corrected chi connectivity index (χ2v) is 9.01. The summed E-state index contributed by atoms with van der Waals surface area (Å²) in [6, 6.07) is 10.0. The average Bonchev–Trinajstić information content (AvgIpc) is 3.21. The van der Waals surface area contributed by atoms with Gasteiger partial charge in [-0.2, -0.15) is 0 Å². The van der Waals surface area contributed by atoms with Gasteiger partial charge in [0, 0.05) is 5.56 Å². The van der Waals surface area contributed by atoms with E-state index in [9.17, 15) is 9.59 Å². The van der Waals surface area contributed by atoms with Gasteiger partial charge in [-0.15, -0.1) is 0 Å². The average molecular weight is 525 g/mol. The number of aromatic nitrogens is 1. The van der Waals surface area contributed by atoms with Gasteiger partial charge < -0.3 is 23.7 Å². The Kier molecular flexibility index (Phi) is 7.68. The number of esters is 1. The summed E-state index contributed by atoms with van der Waals surface area (Å²) >= 11 is 1.22. The molecule has 1 aliphatic rings. The Balaban J connectivity index is 1.98. The summed E-state index contributed by atoms with van der Waals surface area (Å²) in [4.78, 5) is 32.0. The van der Waals surface area contributed by atoms with Crippen molar-refractivity contribution in [3.05, 3.63) is 78.5 Å². The third-order valence-corrected chi connectivity index (χ3v) is 6.92. The van der Waals surface area contributed by atoms with Crippen molar-refractivity contribution in [2.75, 3.05) is 35.0 Å². The van der Waals surface area contributed by atoms with Crippen LogP contribution in [0.25, 0.3) is 6.08 Å². The fourth-order valence-corrected chi connectivity index (χ4v) is 5.36. The first-order valence-electron chi connectivity index (χ1n) is 11.5. The predicted octanol–water partition coefficient (Wildman–Crippen LogP) is 2.83. The zero-order valence-electron chi connectivity index (χ0n) is 21.5. The van der Waals surface area contributed by atoms with E-state index in [4.69, 9.17) is 23.7 Å². The van der Waals surface area contributed by atoms with Gasteiger partial charge >= 0.3 is 5.97 Å². The molecule has 0 aliphatic carbocycles. The van der Waals surface area contributed by atoms with Gasteiger partial charge in [0.15, 0.2) is 16.3 Å². The number of ether oxygens (including phenoxy) is 5. The first-order valence-corrected chi connectivity index (χ1v) is 12.3. The van der Waals surface area contributed by atoms with Gasteiger partial charge in [-0.1, -0.05) is 29.5 Å². The molecular formula is C27H28N2O7S. The smallest absolute Gasteiger partial charge is 0.338 e. The molecule has 0 N–H and O–H groups in total. The lowest BCUT2D eigenvalue weighted by atomic mass is 9.95. The van der Waals surface area contributed by atoms with Crippen LogP contribution in [0, 0.1) is 0 Å². The molecule has 0 unspecified atom stereocenters. The lowest BCUT2D eigenvalue weighted by molar-refractivity contribution is -0.139. The molecule has 0 saturated carbocycles. The molecule has 0 bridgehead atoms. The normalized spacial score (nSPS) is 15.1. The Morgan fingerprint density at radius 3 is 2.27 bits per heavy atom. The van der Waals surface area contributed by atoms with Crippen LogP contribution in [0.3, 0.4) is 0 Å². The fourth-order valence-electron chi connectivity index (χ4n) is 4.31. The Morgan fingerprint density at radius 2 is 1.68 bits per heavy atom. The number of nitrogens with zero attached hydrogens (tertiary/aromatic N) is 2. The van der Waals surface area contributed by atoms with Crippen molar-refractivity contribution >= 4 is 23.4 Å². The lowest BCUT2D eigenvalue weighted by Crippen LogP contribution is -2.40. The third kappa shape index (κ3) is 4.72. The first kappa shape index (κ1) is 26.0. The second-order valence-electron chi connectivity index (χ2n) is 8.00. The number of fused-ring (bicyclic) bond motifs is 1. The molecule has 0 radical (unpaired) electrons. The van der Waals surface area contributed by atoms with Crippen molar-refractivity contribution in [3.63, 3.8) is 0 Å². The minimum Gasteiger partial charge on any atom is -0.496 e. The minimum atomic E-state index is -0.770. The molecule has 0 amide bonds. The van der Waals surface area contributed by atoms with Crippen molar-refractivity contribution in [3.8, 4) is 23.0 Å². The number of allylic oxidation sites excluding steroid dienone is 1. The molecule has 10 heteroatoms. The van der Waals surface area contributed by atoms with E-state index in [0.717, 1.165) is 0 Å². The number of hydrogen-bond donors (Lipinski definition) is 0. The van der Waals surface area contributed by atoms with Gasteiger partial charge in [0.1, 0.15) is 11.8 Å². The van der Waals surface area contributed by atoms with Gasteiger partial charge in [0.25, 0.3) is 5.56 Å². The number of benzene rings is 2. The molecule has 37 heavy (non-hydrogen) atoms. The molecule has 2 heterocycles. The lowest BCUT2D eigenvalue weighted by Gasteiger charge is -2.25. The maximum atomic E-state index is 13.8. The van der Waals surface area contributed by atoms with Crippen molar-refractivity contribution < 1.29 is 28.5 Å². The van der Waals surface area contributed by atoms with E-state index in [1.54, 1.807) is 45.2 Å². The van der Waals surface area contributed by atoms with Crippen LogP contribution in [0.5, 0.6) is 23.0 Å². The number of carbonyl (C=O) groups excluding carboxylic acids is 1. The summed E-state index contributed by atoms with van der Waals surface area (Å²) < 4.78 is 29.2. The molecule has 3 aromatic rings. The van der Waals surface area contributed by atoms with Crippen molar-refractivity contribution in [1.29, 1.82) is 0 Å². The van der Waals surface area contributed by atoms with Crippen molar-refractivity contribution in [1.82, 2.24) is 4.57 Å². The summed E-state index contributed by atoms with van der Waals surface area (Å²) in [6.07, 6.45) is 1.73. The molecule has 2 aromatic carbocycles. The molecule has 9 nitrogen and oxygen atoms in total. The highest BCUT2D eigenvalue weighted by Crippen LogP contribution is 2.38. The van der Waals surface area contributed by atoms with Crippen molar-refractivity contribution in [2.24, 2.45) is 4.99 Å². The van der Waals surface area contributed by atoms with Crippen molar-refractivity contribution in [2.45, 2.75) is 19.9 Å². The van der Waals surface area contributed by atoms with E-state index in [1.165, 1.54) is 37.2 Å². The highest BCUT2D eigenvalue weighted by atomic mass is 32.1. The molecule has 1 atom stereocenters. The summed E-state index contributed by atoms with van der Waals surface area (Å²) in [6.45, 7) is 3.67. The van der Waals surface area contributed by atoms with E-state index in [-0.39, 0.29) is 17.7 Å². The Bertz CT molecular complexity index is 1530. The zero-order valence-corrected chi connectivity index (χ0v) is 22.3. The van der Waals surface area contributed by atoms with E-state index >= 15 is 0 Å². The molecule has 0 spiro atoms. The van der Waals surface area contributed by atoms with Gasteiger partial charge in [0.2, 0.25) is 5.75 Å². The summed E-state index contributed by atoms with van der Waals surface area (Å²) in [5.41, 5.74) is 1.80. The number of para-hydroxylation sites is 1. The largest absolute Gasteiger partial charge is 0.496 e. The molecule has 0 saturated heterocycles. The van der Waals surface area contributed by atoms with Crippen LogP contribution in [-0.4, -0.2) is 45.6 Å². The summed E-state index contributed by atoms with van der Waals surface area (Å²) in [5, 5.41) is 0. The molecule has 1 aromatic heterocycles. The monoisotopic (exact) mass is 524 g/mol. The number of carbonyl (C=O) groups is 1. The van der Waals surface area contributed by atoms with Gasteiger partial charge in [-0.25, -0.2) is 9.79 Å². The zero-order chi connectivity index (χ0) is 26.7. The van der Waals surface area contributed by atoms with Gasteiger partial charge in [-0.3, -0.25) is 9.36 Å². The summed E-state index contributed by atoms with van der Waals surface area (Å²) in [7, 11) is 6.14. The van der Waals surface area contributed by atoms with Crippen LogP contribution in [0.15, 0.2) is 57.5 Å². The number of rotatable bonds is 8. The maximum Gasteiger partial charge on any atom is 0.338 e. The van der Waals surface area contributed by atoms with Crippen LogP contribution >= 0.6 is 11.3 Å². The first-order chi connectivity index (χ1) is 17.9. The molecule has 4 rings (SSSR count). The fraction of sp³-hybridized carbons (Fsp3) is 0.296. The topological polar surface area (TPSA) is 97.6 Å². The van der Waals surface area contributed by atoms with Crippen LogP contribution in [-0.2, 0) is 9.53 Å². The summed E-state index contributed by atoms with van der Waals surface area (Å²) in [5.74, 6) is 1.40. The third-order valence-electron chi connectivity index (χ3n) is 5.94. The maximum absolute atomic E-state index is 13.8. The molecular weight excluding hydrogens is 496 g/mol. The van der Waals surface area contributed by atoms with Crippen LogP contribution in [0.4, 0.5) is 0 Å². The number of thiazole rings is 1. The Labute approximate surface area is 217 Å². The van der Waals surface area contributed by atoms with Crippen LogP contribution < -0.4 is 33.8 Å². The van der Waals surface area contributed by atoms with E-state index in [2.05, 4.69) is 4.99 Å². The molecule has 0 fully saturated rings. The molecule has 1 aliphatic heterocycles. The molecule has 194 valence electrons. The van der Waals surface area contributed by atoms with E-state index < -0.39 is 12.0 Å². The minimum absolute atomic E-state index is 0.194. The van der Waals surface area contributed by atoms with Crippen LogP contribution in [0.2, 0.25) is 0 Å². The van der Waals surface area contributed by atoms with E-state index in [1.807, 2.05) is 18.2 Å². The highest BCUT2D eigenvalue weighted by molar-refractivity contribution is 7.07. The van der Waals surface area contributed by atoms with Gasteiger partial charge in [-0.05, 0) is 43.7 Å². The van der Waals surface area contributed by atoms with Gasteiger partial charge in [0.05, 0.1) is 50.8 Å². The van der Waals surface area contributed by atoms with E-state index in [0.29, 0.717) is 49.2 Å². The SMILES string of the molecule is CCOC(=O)C1=C(C)N=c2s/c(=C/c3cc(OC)c(OC)c(OC)c3)c(=O)n2[C@@H]1c1ccccc1OC. The Hall–Kier alpha value is -4.05. The second kappa shape index (κ2) is 10.9. The predicted molar refractivity (Wildman–Crippen MR) is 139 cm³/mol. The standard InChI is InChI=1S/C27H28N2O7S/c1-7-36-26(31)22-15(2)28-27-29(23(22)17-10-8-9-11-18(17)32-3)25(30)21(37-27)14-16-12-19(33-4)24(35-6)20(13-16)34-5/h8-14,23H,7H2,1-6H3/b21-14+/t23-/m1/s1. The number of methoxy groups -OCH3 is 4. The number of hydrogen-bond acceptors (Lipinski definition) is 9. The highest BCUT2D eigenvalue weighted by Gasteiger charge is 2.35. The quantitative estimate of drug-likeness (QED) is 0.418. The Morgan fingerprint density at radius 1 is 1.03 bits per heavy atom. The van der Waals surface area contributed by atoms with Crippen LogP contribution in [0.1, 0.15) is 31.0 Å².